The maximum Gasteiger partial charge on any atom is 0.145 e. The lowest BCUT2D eigenvalue weighted by molar-refractivity contribution is 0.673. The second kappa shape index (κ2) is 3.42. The summed E-state index contributed by atoms with van der Waals surface area (Å²) in [7, 11) is 0. The maximum atomic E-state index is 6.11. The molecule has 0 aliphatic rings. The number of fused-ring (bicyclic) bond motifs is 7. The fraction of sp³-hybridized carbons (Fsp3) is 0. The Morgan fingerprint density at radius 3 is 2.45 bits per heavy atom. The van der Waals surface area contributed by atoms with E-state index in [1.165, 1.54) is 21.5 Å². The molecule has 0 spiro atoms. The minimum atomic E-state index is 0. The molecule has 2 aromatic heterocycles. The Balaban J connectivity index is 0.00000115. The minimum Gasteiger partial charge on any atom is -0.455 e. The van der Waals surface area contributed by atoms with Crippen LogP contribution in [0.25, 0.3) is 43.7 Å². The summed E-state index contributed by atoms with van der Waals surface area (Å²) in [5, 5.41) is 4.74. The van der Waals surface area contributed by atoms with Crippen LogP contribution in [-0.2, 0) is 0 Å². The van der Waals surface area contributed by atoms with Crippen LogP contribution in [0.3, 0.4) is 0 Å². The standard InChI is InChI=1S/C18H11NO.H2/c1-3-7-14-13(6-1)17-15(19-14)10-9-12-11-5-2-4-8-16(11)20-18(12)17;/h1-10,19H;1H. The Labute approximate surface area is 116 Å². The Kier molecular flexibility index (Phi) is 1.73. The number of rotatable bonds is 0. The first-order valence-corrected chi connectivity index (χ1v) is 6.72. The monoisotopic (exact) mass is 259 g/mol. The average Bonchev–Trinajstić information content (AvgIpc) is 3.04. The van der Waals surface area contributed by atoms with Crippen LogP contribution >= 0.6 is 0 Å². The number of benzene rings is 3. The van der Waals surface area contributed by atoms with Crippen molar-refractivity contribution in [2.45, 2.75) is 0 Å². The van der Waals surface area contributed by atoms with Gasteiger partial charge in [-0.25, -0.2) is 0 Å². The molecule has 1 N–H and O–H groups in total. The smallest absolute Gasteiger partial charge is 0.145 e. The molecule has 0 bridgehead atoms. The Morgan fingerprint density at radius 2 is 1.50 bits per heavy atom. The number of hydrogen-bond donors (Lipinski definition) is 1. The third kappa shape index (κ3) is 1.14. The van der Waals surface area contributed by atoms with E-state index >= 15 is 0 Å². The summed E-state index contributed by atoms with van der Waals surface area (Å²) < 4.78 is 6.11. The molecule has 5 rings (SSSR count). The van der Waals surface area contributed by atoms with Gasteiger partial charge in [-0.3, -0.25) is 0 Å². The van der Waals surface area contributed by atoms with Crippen molar-refractivity contribution < 1.29 is 5.84 Å². The topological polar surface area (TPSA) is 28.9 Å². The van der Waals surface area contributed by atoms with Gasteiger partial charge in [0, 0.05) is 23.1 Å². The van der Waals surface area contributed by atoms with E-state index in [2.05, 4.69) is 47.4 Å². The molecule has 96 valence electrons. The summed E-state index contributed by atoms with van der Waals surface area (Å²) >= 11 is 0. The summed E-state index contributed by atoms with van der Waals surface area (Å²) in [5.74, 6) is 0. The number of para-hydroxylation sites is 2. The van der Waals surface area contributed by atoms with Crippen molar-refractivity contribution in [3.63, 3.8) is 0 Å². The number of H-pyrrole nitrogens is 1. The van der Waals surface area contributed by atoms with Gasteiger partial charge in [0.15, 0.2) is 0 Å². The van der Waals surface area contributed by atoms with Crippen LogP contribution in [0, 0.1) is 0 Å². The molecule has 0 saturated heterocycles. The van der Waals surface area contributed by atoms with Gasteiger partial charge in [-0.15, -0.1) is 0 Å². The molecule has 2 heterocycles. The highest BCUT2D eigenvalue weighted by Gasteiger charge is 2.13. The molecule has 2 nitrogen and oxygen atoms in total. The molecule has 0 saturated carbocycles. The number of aromatic amines is 1. The number of aromatic nitrogens is 1. The Hall–Kier alpha value is -2.74. The minimum absolute atomic E-state index is 0. The molecule has 3 aromatic carbocycles. The van der Waals surface area contributed by atoms with Crippen molar-refractivity contribution >= 4 is 43.7 Å². The highest BCUT2D eigenvalue weighted by Crippen LogP contribution is 2.37. The maximum absolute atomic E-state index is 6.11. The lowest BCUT2D eigenvalue weighted by atomic mass is 10.1. The van der Waals surface area contributed by atoms with Gasteiger partial charge in [-0.2, -0.15) is 0 Å². The summed E-state index contributed by atoms with van der Waals surface area (Å²) in [6.07, 6.45) is 0. The van der Waals surface area contributed by atoms with Gasteiger partial charge < -0.3 is 9.40 Å². The first-order chi connectivity index (χ1) is 9.92. The quantitative estimate of drug-likeness (QED) is 0.392. The fourth-order valence-corrected chi connectivity index (χ4v) is 3.12. The zero-order chi connectivity index (χ0) is 13.1. The van der Waals surface area contributed by atoms with E-state index in [0.717, 1.165) is 22.2 Å². The third-order valence-electron chi connectivity index (χ3n) is 4.01. The van der Waals surface area contributed by atoms with Gasteiger partial charge in [0.25, 0.3) is 0 Å². The van der Waals surface area contributed by atoms with Gasteiger partial charge in [-0.05, 0) is 24.3 Å². The highest BCUT2D eigenvalue weighted by molar-refractivity contribution is 6.22. The van der Waals surface area contributed by atoms with Crippen LogP contribution in [-0.4, -0.2) is 4.98 Å². The first-order valence-electron chi connectivity index (χ1n) is 6.72. The molecule has 0 aliphatic carbocycles. The van der Waals surface area contributed by atoms with E-state index in [4.69, 9.17) is 4.42 Å². The van der Waals surface area contributed by atoms with Crippen molar-refractivity contribution in [3.8, 4) is 0 Å². The van der Waals surface area contributed by atoms with E-state index in [1.54, 1.807) is 0 Å². The van der Waals surface area contributed by atoms with Crippen LogP contribution < -0.4 is 0 Å². The van der Waals surface area contributed by atoms with Crippen molar-refractivity contribution in [1.82, 2.24) is 4.98 Å². The molecule has 20 heavy (non-hydrogen) atoms. The first kappa shape index (κ1) is 10.1. The fourth-order valence-electron chi connectivity index (χ4n) is 3.12. The van der Waals surface area contributed by atoms with Gasteiger partial charge in [0.1, 0.15) is 11.2 Å². The molecule has 0 radical (unpaired) electrons. The predicted octanol–water partition coefficient (Wildman–Crippen LogP) is 5.47. The van der Waals surface area contributed by atoms with Gasteiger partial charge >= 0.3 is 0 Å². The number of nitrogens with one attached hydrogen (secondary N) is 1. The molecule has 0 atom stereocenters. The third-order valence-corrected chi connectivity index (χ3v) is 4.01. The lowest BCUT2D eigenvalue weighted by Gasteiger charge is -1.93. The summed E-state index contributed by atoms with van der Waals surface area (Å²) in [4.78, 5) is 3.45. The van der Waals surface area contributed by atoms with E-state index in [9.17, 15) is 0 Å². The summed E-state index contributed by atoms with van der Waals surface area (Å²) in [6.45, 7) is 0. The zero-order valence-electron chi connectivity index (χ0n) is 10.7. The average molecular weight is 259 g/mol. The largest absolute Gasteiger partial charge is 0.455 e. The molecule has 5 aromatic rings. The van der Waals surface area contributed by atoms with E-state index in [0.29, 0.717) is 0 Å². The second-order valence-electron chi connectivity index (χ2n) is 5.13. The van der Waals surface area contributed by atoms with Gasteiger partial charge in [0.2, 0.25) is 0 Å². The van der Waals surface area contributed by atoms with E-state index < -0.39 is 0 Å². The molecular weight excluding hydrogens is 246 g/mol. The molecule has 0 unspecified atom stereocenters. The van der Waals surface area contributed by atoms with Gasteiger partial charge in [0.05, 0.1) is 10.9 Å². The highest BCUT2D eigenvalue weighted by atomic mass is 16.3. The predicted molar refractivity (Wildman–Crippen MR) is 85.2 cm³/mol. The van der Waals surface area contributed by atoms with Crippen LogP contribution in [0.1, 0.15) is 1.43 Å². The molecule has 0 aliphatic heterocycles. The number of furan rings is 1. The van der Waals surface area contributed by atoms with Gasteiger partial charge in [-0.1, -0.05) is 36.4 Å². The normalized spacial score (nSPS) is 12.0. The van der Waals surface area contributed by atoms with Crippen LogP contribution in [0.15, 0.2) is 65.1 Å². The molecule has 0 fully saturated rings. The van der Waals surface area contributed by atoms with E-state index in [1.807, 2.05) is 18.2 Å². The molecule has 2 heteroatoms. The second-order valence-corrected chi connectivity index (χ2v) is 5.13. The lowest BCUT2D eigenvalue weighted by Crippen LogP contribution is -1.69. The van der Waals surface area contributed by atoms with E-state index in [-0.39, 0.29) is 1.43 Å². The Morgan fingerprint density at radius 1 is 0.700 bits per heavy atom. The van der Waals surface area contributed by atoms with Crippen molar-refractivity contribution in [2.75, 3.05) is 0 Å². The van der Waals surface area contributed by atoms with Crippen LogP contribution in [0.2, 0.25) is 0 Å². The Bertz CT molecular complexity index is 1100. The van der Waals surface area contributed by atoms with Crippen molar-refractivity contribution in [1.29, 1.82) is 0 Å². The summed E-state index contributed by atoms with van der Waals surface area (Å²) in [6, 6.07) is 20.8. The van der Waals surface area contributed by atoms with Crippen LogP contribution in [0.4, 0.5) is 0 Å². The molecule has 0 amide bonds. The SMILES string of the molecule is [HH].c1ccc2c(c1)[nH]c1ccc3c4ccccc4oc3c12. The zero-order valence-corrected chi connectivity index (χ0v) is 10.7. The van der Waals surface area contributed by atoms with Crippen molar-refractivity contribution in [2.24, 2.45) is 0 Å². The molecular formula is C18H13NO. The summed E-state index contributed by atoms with van der Waals surface area (Å²) in [5.41, 5.74) is 4.19. The van der Waals surface area contributed by atoms with Crippen LogP contribution in [0.5, 0.6) is 0 Å². The van der Waals surface area contributed by atoms with Crippen molar-refractivity contribution in [3.05, 3.63) is 60.7 Å². The number of hydrogen-bond acceptors (Lipinski definition) is 1.